The fourth-order valence-corrected chi connectivity index (χ4v) is 6.27. The number of nitrogens with zero attached hydrogens (tertiary/aromatic N) is 5. The quantitative estimate of drug-likeness (QED) is 0.376. The highest BCUT2D eigenvalue weighted by atomic mass is 35.5. The lowest BCUT2D eigenvalue weighted by Gasteiger charge is -2.32. The third kappa shape index (κ3) is 6.69. The van der Waals surface area contributed by atoms with Crippen molar-refractivity contribution in [2.75, 3.05) is 50.1 Å². The average molecular weight is 650 g/mol. The summed E-state index contributed by atoms with van der Waals surface area (Å²) in [6, 6.07) is 8.72. The molecular weight excluding hydrogens is 613 g/mol. The zero-order valence-electron chi connectivity index (χ0n) is 26.1. The number of hydrogen-bond donors (Lipinski definition) is 2. The van der Waals surface area contributed by atoms with Crippen molar-refractivity contribution in [3.05, 3.63) is 70.1 Å². The molecule has 242 valence electrons. The van der Waals surface area contributed by atoms with E-state index in [1.54, 1.807) is 37.1 Å². The summed E-state index contributed by atoms with van der Waals surface area (Å²) in [6.45, 7) is 6.43. The standard InChI is InChI=1S/C33H37ClFN7O4/c1-19(23-12-24(35)15-26(13-23)41-9-8-40(3)18-29(41)43)37-31(44)20(2)42-17-22-5-4-21(14-27(22)32(42)45)30-28(34)16-36-33(39-30)38-25-6-10-46-11-7-25/h4-5,12-16,19-20,25H,6-11,17-18H2,1-3H3,(H,37,44)(H,36,38,39)/t19-,20-/m1/s1. The van der Waals surface area contributed by atoms with Crippen molar-refractivity contribution in [2.45, 2.75) is 51.4 Å². The van der Waals surface area contributed by atoms with Crippen LogP contribution in [0.15, 0.2) is 42.6 Å². The molecule has 2 fully saturated rings. The number of carbonyl (C=O) groups excluding carboxylic acids is 3. The van der Waals surface area contributed by atoms with Crippen LogP contribution in [0.25, 0.3) is 11.3 Å². The minimum Gasteiger partial charge on any atom is -0.381 e. The highest BCUT2D eigenvalue weighted by molar-refractivity contribution is 6.33. The van der Waals surface area contributed by atoms with Crippen LogP contribution < -0.4 is 15.5 Å². The van der Waals surface area contributed by atoms with Crippen molar-refractivity contribution in [3.8, 4) is 11.3 Å². The van der Waals surface area contributed by atoms with E-state index in [-0.39, 0.29) is 36.9 Å². The Morgan fingerprint density at radius 2 is 1.87 bits per heavy atom. The molecule has 2 N–H and O–H groups in total. The first-order valence-corrected chi connectivity index (χ1v) is 15.9. The number of amides is 3. The number of carbonyl (C=O) groups is 3. The van der Waals surface area contributed by atoms with Crippen LogP contribution >= 0.6 is 11.6 Å². The number of hydrogen-bond acceptors (Lipinski definition) is 8. The van der Waals surface area contributed by atoms with E-state index >= 15 is 0 Å². The summed E-state index contributed by atoms with van der Waals surface area (Å²) in [5.41, 5.74) is 3.42. The predicted octanol–water partition coefficient (Wildman–Crippen LogP) is 4.03. The Kier molecular flexibility index (Phi) is 9.21. The second-order valence-corrected chi connectivity index (χ2v) is 12.6. The second kappa shape index (κ2) is 13.3. The number of anilines is 2. The number of ether oxygens (including phenoxy) is 1. The van der Waals surface area contributed by atoms with Crippen LogP contribution in [0.5, 0.6) is 0 Å². The first-order valence-electron chi connectivity index (χ1n) is 15.5. The third-order valence-electron chi connectivity index (χ3n) is 8.85. The largest absolute Gasteiger partial charge is 0.381 e. The van der Waals surface area contributed by atoms with Crippen LogP contribution in [0.3, 0.4) is 0 Å². The summed E-state index contributed by atoms with van der Waals surface area (Å²) in [5, 5.41) is 6.63. The maximum Gasteiger partial charge on any atom is 0.255 e. The average Bonchev–Trinajstić information content (AvgIpc) is 3.37. The lowest BCUT2D eigenvalue weighted by atomic mass is 10.0. The van der Waals surface area contributed by atoms with Gasteiger partial charge in [0.1, 0.15) is 11.9 Å². The van der Waals surface area contributed by atoms with Crippen molar-refractivity contribution in [1.29, 1.82) is 0 Å². The van der Waals surface area contributed by atoms with Crippen LogP contribution in [0.1, 0.15) is 54.2 Å². The van der Waals surface area contributed by atoms with Gasteiger partial charge in [0.15, 0.2) is 0 Å². The second-order valence-electron chi connectivity index (χ2n) is 12.2. The zero-order chi connectivity index (χ0) is 32.5. The van der Waals surface area contributed by atoms with Gasteiger partial charge in [-0.15, -0.1) is 0 Å². The fourth-order valence-electron chi connectivity index (χ4n) is 6.07. The Labute approximate surface area is 272 Å². The molecule has 0 spiro atoms. The Bertz CT molecular complexity index is 1670. The van der Waals surface area contributed by atoms with Gasteiger partial charge >= 0.3 is 0 Å². The van der Waals surface area contributed by atoms with Gasteiger partial charge in [0.05, 0.1) is 29.5 Å². The zero-order valence-corrected chi connectivity index (χ0v) is 26.8. The lowest BCUT2D eigenvalue weighted by molar-refractivity contribution is -0.126. The topological polar surface area (TPSA) is 120 Å². The summed E-state index contributed by atoms with van der Waals surface area (Å²) in [5.74, 6) is -0.804. The first-order chi connectivity index (χ1) is 22.1. The van der Waals surface area contributed by atoms with E-state index in [9.17, 15) is 18.8 Å². The van der Waals surface area contributed by atoms with Crippen molar-refractivity contribution in [3.63, 3.8) is 0 Å². The van der Waals surface area contributed by atoms with Gasteiger partial charge in [-0.05, 0) is 69.1 Å². The molecule has 1 aromatic heterocycles. The third-order valence-corrected chi connectivity index (χ3v) is 9.12. The van der Waals surface area contributed by atoms with Crippen molar-refractivity contribution in [1.82, 2.24) is 25.1 Å². The van der Waals surface area contributed by atoms with Crippen LogP contribution in [0, 0.1) is 5.82 Å². The SMILES string of the molecule is C[C@H](C(=O)N[C@H](C)c1cc(F)cc(N2CCN(C)CC2=O)c1)N1Cc2ccc(-c3nc(NC4CCOCC4)ncc3Cl)cc2C1=O. The van der Waals surface area contributed by atoms with Gasteiger partial charge in [0, 0.05) is 55.7 Å². The monoisotopic (exact) mass is 649 g/mol. The van der Waals surface area contributed by atoms with E-state index in [2.05, 4.69) is 20.6 Å². The molecule has 3 amide bonds. The van der Waals surface area contributed by atoms with Crippen LogP contribution in [0.2, 0.25) is 5.02 Å². The predicted molar refractivity (Wildman–Crippen MR) is 172 cm³/mol. The molecule has 46 heavy (non-hydrogen) atoms. The number of benzene rings is 2. The Morgan fingerprint density at radius 3 is 2.63 bits per heavy atom. The molecule has 2 saturated heterocycles. The molecule has 0 unspecified atom stereocenters. The Hall–Kier alpha value is -4.13. The molecule has 11 nitrogen and oxygen atoms in total. The van der Waals surface area contributed by atoms with Gasteiger partial charge in [0.2, 0.25) is 17.8 Å². The molecule has 0 radical (unpaired) electrons. The minimum atomic E-state index is -0.795. The molecule has 0 bridgehead atoms. The highest BCUT2D eigenvalue weighted by Crippen LogP contribution is 2.33. The Morgan fingerprint density at radius 1 is 1.09 bits per heavy atom. The molecule has 0 aliphatic carbocycles. The lowest BCUT2D eigenvalue weighted by Crippen LogP contribution is -2.49. The normalized spacial score (nSPS) is 18.8. The van der Waals surface area contributed by atoms with Gasteiger partial charge in [-0.2, -0.15) is 0 Å². The van der Waals surface area contributed by atoms with Gasteiger partial charge in [-0.3, -0.25) is 19.3 Å². The molecule has 0 saturated carbocycles. The van der Waals surface area contributed by atoms with Crippen LogP contribution in [-0.2, 0) is 20.9 Å². The van der Waals surface area contributed by atoms with Crippen molar-refractivity contribution in [2.24, 2.45) is 0 Å². The number of likely N-dealkylation sites (N-methyl/N-ethyl adjacent to an activating group) is 1. The van der Waals surface area contributed by atoms with E-state index in [0.717, 1.165) is 18.4 Å². The van der Waals surface area contributed by atoms with E-state index in [0.29, 0.717) is 65.3 Å². The molecule has 3 aliphatic heterocycles. The smallest absolute Gasteiger partial charge is 0.255 e. The van der Waals surface area contributed by atoms with Gasteiger partial charge in [-0.25, -0.2) is 14.4 Å². The van der Waals surface area contributed by atoms with Crippen molar-refractivity contribution < 1.29 is 23.5 Å². The number of nitrogens with one attached hydrogen (secondary N) is 2. The van der Waals surface area contributed by atoms with Crippen LogP contribution in [-0.4, -0.2) is 89.5 Å². The van der Waals surface area contributed by atoms with Crippen molar-refractivity contribution >= 4 is 41.0 Å². The molecule has 2 atom stereocenters. The minimum absolute atomic E-state index is 0.111. The number of fused-ring (bicyclic) bond motifs is 1. The number of rotatable bonds is 8. The van der Waals surface area contributed by atoms with E-state index in [1.165, 1.54) is 17.0 Å². The summed E-state index contributed by atoms with van der Waals surface area (Å²) >= 11 is 6.49. The molecule has 4 heterocycles. The summed E-state index contributed by atoms with van der Waals surface area (Å²) in [6.07, 6.45) is 3.26. The van der Waals surface area contributed by atoms with Gasteiger partial charge in [-0.1, -0.05) is 23.7 Å². The fraction of sp³-hybridized carbons (Fsp3) is 0.424. The highest BCUT2D eigenvalue weighted by Gasteiger charge is 2.35. The molecule has 3 aliphatic rings. The molecule has 13 heteroatoms. The molecule has 3 aromatic rings. The Balaban J connectivity index is 1.14. The van der Waals surface area contributed by atoms with E-state index in [4.69, 9.17) is 16.3 Å². The van der Waals surface area contributed by atoms with Gasteiger partial charge in [0.25, 0.3) is 5.91 Å². The van der Waals surface area contributed by atoms with Gasteiger partial charge < -0.3 is 25.2 Å². The maximum absolute atomic E-state index is 14.7. The van der Waals surface area contributed by atoms with Crippen LogP contribution in [0.4, 0.5) is 16.0 Å². The number of aromatic nitrogens is 2. The molecule has 2 aromatic carbocycles. The summed E-state index contributed by atoms with van der Waals surface area (Å²) < 4.78 is 20.1. The van der Waals surface area contributed by atoms with E-state index in [1.807, 2.05) is 24.1 Å². The van der Waals surface area contributed by atoms with E-state index < -0.39 is 17.9 Å². The first kappa shape index (κ1) is 31.8. The molecule has 6 rings (SSSR count). The summed E-state index contributed by atoms with van der Waals surface area (Å²) in [7, 11) is 1.86. The maximum atomic E-state index is 14.7. The number of halogens is 2. The molecular formula is C33H37ClFN7O4. The number of piperazine rings is 1. The summed E-state index contributed by atoms with van der Waals surface area (Å²) in [4.78, 5) is 53.5.